The Morgan fingerprint density at radius 1 is 1.33 bits per heavy atom. The molecule has 0 spiro atoms. The van der Waals surface area contributed by atoms with Gasteiger partial charge in [0.05, 0.1) is 19.4 Å². The van der Waals surface area contributed by atoms with Gasteiger partial charge in [-0.05, 0) is 6.42 Å². The molecule has 1 aliphatic carbocycles. The summed E-state index contributed by atoms with van der Waals surface area (Å²) in [6, 6.07) is 0. The Morgan fingerprint density at radius 3 is 2.53 bits per heavy atom. The number of ether oxygens (including phenoxy) is 1. The molecule has 0 fully saturated rings. The highest BCUT2D eigenvalue weighted by Gasteiger charge is 2.41. The summed E-state index contributed by atoms with van der Waals surface area (Å²) < 4.78 is 5.22. The highest BCUT2D eigenvalue weighted by atomic mass is 16.5. The van der Waals surface area contributed by atoms with E-state index in [0.29, 0.717) is 6.61 Å². The van der Waals surface area contributed by atoms with Gasteiger partial charge in [0, 0.05) is 6.08 Å². The van der Waals surface area contributed by atoms with Gasteiger partial charge in [0.1, 0.15) is 5.76 Å². The molecule has 1 aliphatic rings. The smallest absolute Gasteiger partial charge is 0.191 e. The lowest BCUT2D eigenvalue weighted by atomic mass is 9.94. The van der Waals surface area contributed by atoms with Crippen molar-refractivity contribution in [2.75, 3.05) is 6.61 Å². The molecule has 0 aliphatic heterocycles. The number of aliphatic hydroxyl groups is 4. The van der Waals surface area contributed by atoms with E-state index in [-0.39, 0.29) is 12.2 Å². The molecule has 5 nitrogen and oxygen atoms in total. The first-order chi connectivity index (χ1) is 6.85. The number of hydrogen-bond donors (Lipinski definition) is 4. The van der Waals surface area contributed by atoms with Gasteiger partial charge in [0.15, 0.2) is 11.6 Å². The Balaban J connectivity index is 2.59. The van der Waals surface area contributed by atoms with Crippen LogP contribution in [0.4, 0.5) is 0 Å². The highest BCUT2D eigenvalue weighted by Crippen LogP contribution is 2.31. The Morgan fingerprint density at radius 2 is 2.00 bits per heavy atom. The SMILES string of the molecule is CCCCOC1=CC(O)(O)CC(O)(O)C1. The van der Waals surface area contributed by atoms with Crippen LogP contribution in [0.2, 0.25) is 0 Å². The van der Waals surface area contributed by atoms with Crippen LogP contribution in [-0.4, -0.2) is 38.6 Å². The van der Waals surface area contributed by atoms with Gasteiger partial charge in [-0.2, -0.15) is 0 Å². The molecule has 15 heavy (non-hydrogen) atoms. The quantitative estimate of drug-likeness (QED) is 0.389. The van der Waals surface area contributed by atoms with E-state index in [1.165, 1.54) is 0 Å². The van der Waals surface area contributed by atoms with E-state index in [1.54, 1.807) is 0 Å². The van der Waals surface area contributed by atoms with Crippen LogP contribution in [-0.2, 0) is 4.74 Å². The average Bonchev–Trinajstić information content (AvgIpc) is 1.98. The largest absolute Gasteiger partial charge is 0.498 e. The molecule has 0 bridgehead atoms. The van der Waals surface area contributed by atoms with E-state index >= 15 is 0 Å². The molecular formula is C10H18O5. The minimum atomic E-state index is -2.21. The van der Waals surface area contributed by atoms with E-state index in [2.05, 4.69) is 0 Å². The van der Waals surface area contributed by atoms with E-state index < -0.39 is 18.0 Å². The van der Waals surface area contributed by atoms with Crippen LogP contribution in [0, 0.1) is 0 Å². The maximum absolute atomic E-state index is 9.35. The number of unbranched alkanes of at least 4 members (excludes halogenated alkanes) is 1. The summed E-state index contributed by atoms with van der Waals surface area (Å²) in [5.41, 5.74) is 0. The van der Waals surface area contributed by atoms with Crippen LogP contribution in [0.15, 0.2) is 11.8 Å². The zero-order chi connectivity index (χ0) is 11.5. The predicted molar refractivity (Wildman–Crippen MR) is 52.5 cm³/mol. The second-order valence-corrected chi connectivity index (χ2v) is 4.03. The van der Waals surface area contributed by atoms with Crippen LogP contribution >= 0.6 is 0 Å². The minimum Gasteiger partial charge on any atom is -0.498 e. The Hall–Kier alpha value is -0.620. The van der Waals surface area contributed by atoms with Gasteiger partial charge in [-0.15, -0.1) is 0 Å². The molecule has 0 radical (unpaired) electrons. The number of hydrogen-bond acceptors (Lipinski definition) is 5. The second kappa shape index (κ2) is 4.49. The molecule has 0 aromatic heterocycles. The molecular weight excluding hydrogens is 200 g/mol. The third-order valence-corrected chi connectivity index (χ3v) is 2.18. The molecule has 5 heteroatoms. The topological polar surface area (TPSA) is 90.2 Å². The first-order valence-electron chi connectivity index (χ1n) is 5.09. The average molecular weight is 218 g/mol. The van der Waals surface area contributed by atoms with Crippen LogP contribution in [0.1, 0.15) is 32.6 Å². The van der Waals surface area contributed by atoms with E-state index in [9.17, 15) is 20.4 Å². The van der Waals surface area contributed by atoms with Crippen LogP contribution in [0.25, 0.3) is 0 Å². The molecule has 0 heterocycles. The summed E-state index contributed by atoms with van der Waals surface area (Å²) in [4.78, 5) is 0. The lowest BCUT2D eigenvalue weighted by molar-refractivity contribution is -0.247. The fraction of sp³-hybridized carbons (Fsp3) is 0.800. The third kappa shape index (κ3) is 4.17. The van der Waals surface area contributed by atoms with Crippen molar-refractivity contribution in [2.45, 2.75) is 44.2 Å². The van der Waals surface area contributed by atoms with E-state index in [4.69, 9.17) is 4.74 Å². The van der Waals surface area contributed by atoms with Gasteiger partial charge >= 0.3 is 0 Å². The molecule has 1 rings (SSSR count). The molecule has 0 aromatic carbocycles. The van der Waals surface area contributed by atoms with Gasteiger partial charge in [0.2, 0.25) is 0 Å². The van der Waals surface area contributed by atoms with Crippen LogP contribution in [0.3, 0.4) is 0 Å². The van der Waals surface area contributed by atoms with Gasteiger partial charge < -0.3 is 25.2 Å². The molecule has 4 N–H and O–H groups in total. The van der Waals surface area contributed by atoms with Gasteiger partial charge in [0.25, 0.3) is 0 Å². The molecule has 0 unspecified atom stereocenters. The Bertz CT molecular complexity index is 244. The molecule has 0 atom stereocenters. The zero-order valence-electron chi connectivity index (χ0n) is 8.81. The standard InChI is InChI=1S/C10H18O5/c1-2-3-4-15-8-5-9(11,12)7-10(13,14)6-8/h5,11-14H,2-4,6-7H2,1H3. The molecule has 0 saturated heterocycles. The third-order valence-electron chi connectivity index (χ3n) is 2.18. The lowest BCUT2D eigenvalue weighted by Gasteiger charge is -2.33. The molecule has 0 saturated carbocycles. The van der Waals surface area contributed by atoms with E-state index in [1.807, 2.05) is 6.92 Å². The van der Waals surface area contributed by atoms with Gasteiger partial charge in [-0.25, -0.2) is 0 Å². The van der Waals surface area contributed by atoms with Crippen LogP contribution < -0.4 is 0 Å². The lowest BCUT2D eigenvalue weighted by Crippen LogP contribution is -2.44. The highest BCUT2D eigenvalue weighted by molar-refractivity contribution is 5.10. The maximum Gasteiger partial charge on any atom is 0.191 e. The Kier molecular flexibility index (Phi) is 3.72. The van der Waals surface area contributed by atoms with Crippen molar-refractivity contribution >= 4 is 0 Å². The maximum atomic E-state index is 9.35. The van der Waals surface area contributed by atoms with Crippen molar-refractivity contribution < 1.29 is 25.2 Å². The summed E-state index contributed by atoms with van der Waals surface area (Å²) in [5, 5.41) is 37.3. The molecule has 0 aromatic rings. The zero-order valence-corrected chi connectivity index (χ0v) is 8.81. The normalized spacial score (nSPS) is 23.4. The summed E-state index contributed by atoms with van der Waals surface area (Å²) in [6.07, 6.45) is 2.28. The minimum absolute atomic E-state index is 0.112. The summed E-state index contributed by atoms with van der Waals surface area (Å²) in [5.74, 6) is -4.10. The van der Waals surface area contributed by atoms with Crippen molar-refractivity contribution in [1.29, 1.82) is 0 Å². The monoisotopic (exact) mass is 218 g/mol. The van der Waals surface area contributed by atoms with Crippen LogP contribution in [0.5, 0.6) is 0 Å². The van der Waals surface area contributed by atoms with Gasteiger partial charge in [-0.1, -0.05) is 13.3 Å². The molecule has 88 valence electrons. The Labute approximate surface area is 88.6 Å². The summed E-state index contributed by atoms with van der Waals surface area (Å²) in [7, 11) is 0. The summed E-state index contributed by atoms with van der Waals surface area (Å²) >= 11 is 0. The van der Waals surface area contributed by atoms with Gasteiger partial charge in [-0.3, -0.25) is 0 Å². The predicted octanol–water partition coefficient (Wildman–Crippen LogP) is -0.157. The van der Waals surface area contributed by atoms with Crippen molar-refractivity contribution in [3.8, 4) is 0 Å². The number of rotatable bonds is 4. The fourth-order valence-electron chi connectivity index (χ4n) is 1.56. The summed E-state index contributed by atoms with van der Waals surface area (Å²) in [6.45, 7) is 2.44. The van der Waals surface area contributed by atoms with Crippen molar-refractivity contribution in [2.24, 2.45) is 0 Å². The van der Waals surface area contributed by atoms with E-state index in [0.717, 1.165) is 18.9 Å². The second-order valence-electron chi connectivity index (χ2n) is 4.03. The first-order valence-corrected chi connectivity index (χ1v) is 5.09. The fourth-order valence-corrected chi connectivity index (χ4v) is 1.56. The van der Waals surface area contributed by atoms with Crippen molar-refractivity contribution in [1.82, 2.24) is 0 Å². The molecule has 0 amide bonds. The van der Waals surface area contributed by atoms with Crippen molar-refractivity contribution in [3.05, 3.63) is 11.8 Å². The first kappa shape index (κ1) is 12.4. The van der Waals surface area contributed by atoms with Crippen molar-refractivity contribution in [3.63, 3.8) is 0 Å².